The molecule has 82 valence electrons. The van der Waals surface area contributed by atoms with E-state index in [-0.39, 0.29) is 0 Å². The van der Waals surface area contributed by atoms with Crippen LogP contribution in [-0.2, 0) is 6.54 Å². The van der Waals surface area contributed by atoms with Gasteiger partial charge in [-0.15, -0.1) is 0 Å². The standard InChI is InChI=1S/C13H18BrN/c1-2-13(8-3-9-13)15-10-11-4-6-12(14)7-5-11/h4-7,15H,2-3,8-10H2,1H3. The summed E-state index contributed by atoms with van der Waals surface area (Å²) >= 11 is 3.45. The van der Waals surface area contributed by atoms with Crippen molar-refractivity contribution in [2.75, 3.05) is 0 Å². The van der Waals surface area contributed by atoms with Gasteiger partial charge in [-0.3, -0.25) is 0 Å². The Balaban J connectivity index is 1.90. The van der Waals surface area contributed by atoms with Gasteiger partial charge in [-0.1, -0.05) is 35.0 Å². The highest BCUT2D eigenvalue weighted by Gasteiger charge is 2.33. The lowest BCUT2D eigenvalue weighted by molar-refractivity contribution is 0.175. The third-order valence-electron chi connectivity index (χ3n) is 3.57. The molecule has 1 aromatic carbocycles. The minimum atomic E-state index is 0.451. The van der Waals surface area contributed by atoms with E-state index in [0.29, 0.717) is 5.54 Å². The number of nitrogens with one attached hydrogen (secondary N) is 1. The van der Waals surface area contributed by atoms with E-state index in [9.17, 15) is 0 Å². The van der Waals surface area contributed by atoms with Crippen LogP contribution in [0.5, 0.6) is 0 Å². The summed E-state index contributed by atoms with van der Waals surface area (Å²) in [4.78, 5) is 0. The molecule has 1 aliphatic carbocycles. The van der Waals surface area contributed by atoms with Gasteiger partial charge in [0.1, 0.15) is 0 Å². The zero-order chi connectivity index (χ0) is 10.7. The average Bonchev–Trinajstić information content (AvgIpc) is 2.20. The summed E-state index contributed by atoms with van der Waals surface area (Å²) in [6, 6.07) is 8.57. The van der Waals surface area contributed by atoms with Crippen LogP contribution in [0.4, 0.5) is 0 Å². The van der Waals surface area contributed by atoms with Crippen LogP contribution >= 0.6 is 15.9 Å². The van der Waals surface area contributed by atoms with Crippen molar-refractivity contribution in [1.82, 2.24) is 5.32 Å². The lowest BCUT2D eigenvalue weighted by Gasteiger charge is -2.42. The van der Waals surface area contributed by atoms with Gasteiger partial charge in [0.15, 0.2) is 0 Å². The molecule has 0 aliphatic heterocycles. The van der Waals surface area contributed by atoms with E-state index in [2.05, 4.69) is 52.4 Å². The summed E-state index contributed by atoms with van der Waals surface area (Å²) < 4.78 is 1.15. The van der Waals surface area contributed by atoms with Crippen molar-refractivity contribution in [2.24, 2.45) is 0 Å². The first-order valence-electron chi connectivity index (χ1n) is 5.74. The molecule has 15 heavy (non-hydrogen) atoms. The highest BCUT2D eigenvalue weighted by Crippen LogP contribution is 2.34. The van der Waals surface area contributed by atoms with Crippen LogP contribution in [0.3, 0.4) is 0 Å². The quantitative estimate of drug-likeness (QED) is 0.874. The molecular formula is C13H18BrN. The van der Waals surface area contributed by atoms with Gasteiger partial charge >= 0.3 is 0 Å². The van der Waals surface area contributed by atoms with Crippen molar-refractivity contribution in [3.05, 3.63) is 34.3 Å². The molecule has 0 saturated heterocycles. The molecule has 0 unspecified atom stereocenters. The van der Waals surface area contributed by atoms with E-state index in [1.165, 1.54) is 31.2 Å². The number of halogens is 1. The first-order chi connectivity index (χ1) is 7.24. The van der Waals surface area contributed by atoms with Gasteiger partial charge in [0, 0.05) is 16.6 Å². The summed E-state index contributed by atoms with van der Waals surface area (Å²) in [7, 11) is 0. The second-order valence-corrected chi connectivity index (χ2v) is 5.38. The Morgan fingerprint density at radius 2 is 1.93 bits per heavy atom. The van der Waals surface area contributed by atoms with Gasteiger partial charge in [0.2, 0.25) is 0 Å². The van der Waals surface area contributed by atoms with E-state index >= 15 is 0 Å². The molecule has 1 N–H and O–H groups in total. The largest absolute Gasteiger partial charge is 0.307 e. The molecule has 1 fully saturated rings. The third-order valence-corrected chi connectivity index (χ3v) is 4.10. The van der Waals surface area contributed by atoms with E-state index in [0.717, 1.165) is 11.0 Å². The van der Waals surface area contributed by atoms with Crippen LogP contribution in [0, 0.1) is 0 Å². The Kier molecular flexibility index (Phi) is 3.47. The van der Waals surface area contributed by atoms with Crippen LogP contribution in [0.25, 0.3) is 0 Å². The second-order valence-electron chi connectivity index (χ2n) is 4.47. The van der Waals surface area contributed by atoms with Crippen molar-refractivity contribution in [3.63, 3.8) is 0 Å². The molecule has 0 bridgehead atoms. The minimum absolute atomic E-state index is 0.451. The number of benzene rings is 1. The maximum absolute atomic E-state index is 3.70. The van der Waals surface area contributed by atoms with Crippen molar-refractivity contribution in [2.45, 2.75) is 44.7 Å². The highest BCUT2D eigenvalue weighted by molar-refractivity contribution is 9.10. The number of rotatable bonds is 4. The molecule has 0 heterocycles. The molecule has 0 amide bonds. The molecule has 0 spiro atoms. The minimum Gasteiger partial charge on any atom is -0.307 e. The average molecular weight is 268 g/mol. The van der Waals surface area contributed by atoms with Crippen molar-refractivity contribution in [1.29, 1.82) is 0 Å². The lowest BCUT2D eigenvalue weighted by Crippen LogP contribution is -2.49. The fourth-order valence-corrected chi connectivity index (χ4v) is 2.42. The molecule has 0 aromatic heterocycles. The van der Waals surface area contributed by atoms with E-state index < -0.39 is 0 Å². The monoisotopic (exact) mass is 267 g/mol. The zero-order valence-electron chi connectivity index (χ0n) is 9.22. The van der Waals surface area contributed by atoms with Gasteiger partial charge < -0.3 is 5.32 Å². The van der Waals surface area contributed by atoms with Crippen LogP contribution < -0.4 is 5.32 Å². The van der Waals surface area contributed by atoms with Crippen molar-refractivity contribution < 1.29 is 0 Å². The zero-order valence-corrected chi connectivity index (χ0v) is 10.8. The van der Waals surface area contributed by atoms with Gasteiger partial charge in [0.25, 0.3) is 0 Å². The molecule has 0 radical (unpaired) electrons. The fourth-order valence-electron chi connectivity index (χ4n) is 2.15. The normalized spacial score (nSPS) is 18.5. The summed E-state index contributed by atoms with van der Waals surface area (Å²) in [6.07, 6.45) is 5.34. The Bertz CT molecular complexity index is 308. The van der Waals surface area contributed by atoms with Crippen molar-refractivity contribution >= 4 is 15.9 Å². The Morgan fingerprint density at radius 3 is 2.40 bits per heavy atom. The first-order valence-corrected chi connectivity index (χ1v) is 6.53. The maximum atomic E-state index is 3.70. The SMILES string of the molecule is CCC1(NCc2ccc(Br)cc2)CCC1. The molecule has 1 aromatic rings. The summed E-state index contributed by atoms with van der Waals surface area (Å²) in [5.41, 5.74) is 1.82. The topological polar surface area (TPSA) is 12.0 Å². The summed E-state index contributed by atoms with van der Waals surface area (Å²) in [5, 5.41) is 3.70. The smallest absolute Gasteiger partial charge is 0.0210 e. The van der Waals surface area contributed by atoms with E-state index in [1.807, 2.05) is 0 Å². The van der Waals surface area contributed by atoms with Crippen LogP contribution in [0.1, 0.15) is 38.2 Å². The highest BCUT2D eigenvalue weighted by atomic mass is 79.9. The van der Waals surface area contributed by atoms with Crippen LogP contribution in [0.15, 0.2) is 28.7 Å². The molecule has 1 nitrogen and oxygen atoms in total. The van der Waals surface area contributed by atoms with Gasteiger partial charge in [-0.05, 0) is 43.4 Å². The van der Waals surface area contributed by atoms with Crippen LogP contribution in [-0.4, -0.2) is 5.54 Å². The van der Waals surface area contributed by atoms with Gasteiger partial charge in [0.05, 0.1) is 0 Å². The number of hydrogen-bond acceptors (Lipinski definition) is 1. The Morgan fingerprint density at radius 1 is 1.27 bits per heavy atom. The van der Waals surface area contributed by atoms with Gasteiger partial charge in [-0.25, -0.2) is 0 Å². The Labute approximate surface area is 100 Å². The molecule has 2 heteroatoms. The van der Waals surface area contributed by atoms with E-state index in [4.69, 9.17) is 0 Å². The Hall–Kier alpha value is -0.340. The summed E-state index contributed by atoms with van der Waals surface area (Å²) in [6.45, 7) is 3.29. The van der Waals surface area contributed by atoms with Gasteiger partial charge in [-0.2, -0.15) is 0 Å². The first kappa shape index (κ1) is 11.2. The second kappa shape index (κ2) is 4.67. The van der Waals surface area contributed by atoms with Crippen LogP contribution in [0.2, 0.25) is 0 Å². The lowest BCUT2D eigenvalue weighted by atomic mass is 9.75. The maximum Gasteiger partial charge on any atom is 0.0210 e. The summed E-state index contributed by atoms with van der Waals surface area (Å²) in [5.74, 6) is 0. The third kappa shape index (κ3) is 2.61. The molecule has 1 aliphatic rings. The predicted octanol–water partition coefficient (Wildman–Crippen LogP) is 3.87. The molecule has 1 saturated carbocycles. The molecule has 2 rings (SSSR count). The molecular weight excluding hydrogens is 250 g/mol. The fraction of sp³-hybridized carbons (Fsp3) is 0.538. The predicted molar refractivity (Wildman–Crippen MR) is 67.9 cm³/mol. The number of hydrogen-bond donors (Lipinski definition) is 1. The van der Waals surface area contributed by atoms with Crippen molar-refractivity contribution in [3.8, 4) is 0 Å². The van der Waals surface area contributed by atoms with E-state index in [1.54, 1.807) is 0 Å². The molecule has 0 atom stereocenters.